The third kappa shape index (κ3) is 13.8. The number of hydrogen-bond acceptors (Lipinski definition) is 5. The molecule has 1 aliphatic rings. The van der Waals surface area contributed by atoms with Gasteiger partial charge in [-0.1, -0.05) is 97.6 Å². The second-order valence-electron chi connectivity index (χ2n) is 12.5. The number of nitrogens with one attached hydrogen (secondary N) is 2. The fourth-order valence-corrected chi connectivity index (χ4v) is 5.63. The zero-order chi connectivity index (χ0) is 33.7. The molecule has 1 fully saturated rings. The molecule has 1 aliphatic heterocycles. The molecule has 6 nitrogen and oxygen atoms in total. The maximum absolute atomic E-state index is 13.5. The molecule has 1 aromatic heterocycles. The molecule has 252 valence electrons. The van der Waals surface area contributed by atoms with Crippen LogP contribution < -0.4 is 16.2 Å². The van der Waals surface area contributed by atoms with E-state index in [0.717, 1.165) is 81.4 Å². The van der Waals surface area contributed by atoms with E-state index in [1.807, 2.05) is 17.7 Å². The maximum Gasteiger partial charge on any atom is 0.255 e. The normalized spacial score (nSPS) is 12.8. The van der Waals surface area contributed by atoms with Crippen molar-refractivity contribution in [2.24, 2.45) is 0 Å². The van der Waals surface area contributed by atoms with Crippen molar-refractivity contribution in [3.05, 3.63) is 123 Å². The monoisotopic (exact) mass is 636 g/mol. The second-order valence-corrected chi connectivity index (χ2v) is 12.5. The van der Waals surface area contributed by atoms with Gasteiger partial charge in [0.25, 0.3) is 5.56 Å². The number of nitrogens with zero attached hydrogens (tertiary/aromatic N) is 2. The third-order valence-electron chi connectivity index (χ3n) is 8.45. The van der Waals surface area contributed by atoms with Gasteiger partial charge in [0.15, 0.2) is 0 Å². The number of fused-ring (bicyclic) bond motifs is 1. The molecule has 2 heterocycles. The summed E-state index contributed by atoms with van der Waals surface area (Å²) in [7, 11) is 1.94. The van der Waals surface area contributed by atoms with Crippen molar-refractivity contribution in [2.45, 2.75) is 78.8 Å². The summed E-state index contributed by atoms with van der Waals surface area (Å²) in [6.45, 7) is 12.6. The van der Waals surface area contributed by atoms with E-state index in [4.69, 9.17) is 0 Å². The van der Waals surface area contributed by atoms with Gasteiger partial charge in [-0.2, -0.15) is 0 Å². The number of allylic oxidation sites excluding steroid dienone is 1. The Hall–Kier alpha value is -3.80. The van der Waals surface area contributed by atoms with Crippen LogP contribution in [0.3, 0.4) is 0 Å². The van der Waals surface area contributed by atoms with E-state index in [9.17, 15) is 9.59 Å². The lowest BCUT2D eigenvalue weighted by atomic mass is 10.0. The largest absolute Gasteiger partial charge is 0.318 e. The summed E-state index contributed by atoms with van der Waals surface area (Å²) in [4.78, 5) is 25.5. The number of piperidine rings is 1. The van der Waals surface area contributed by atoms with E-state index in [-0.39, 0.29) is 5.56 Å². The van der Waals surface area contributed by atoms with Crippen molar-refractivity contribution in [3.8, 4) is 0 Å². The zero-order valence-corrected chi connectivity index (χ0v) is 29.2. The number of aromatic nitrogens is 1. The van der Waals surface area contributed by atoms with Crippen LogP contribution in [0.5, 0.6) is 0 Å². The molecule has 47 heavy (non-hydrogen) atoms. The number of pyridine rings is 1. The topological polar surface area (TPSA) is 66.4 Å². The summed E-state index contributed by atoms with van der Waals surface area (Å²) >= 11 is 0. The van der Waals surface area contributed by atoms with Crippen LogP contribution in [0.4, 0.5) is 0 Å². The SMILES string of the molecule is CCCCC=C=O.CNCCNCc1cc2ccc(Cc3ccccc3)cc2n(CCN2CCCCC2)c1=O.Cc1ccc(C)cc1. The first-order chi connectivity index (χ1) is 22.9. The highest BCUT2D eigenvalue weighted by atomic mass is 16.1. The van der Waals surface area contributed by atoms with E-state index in [2.05, 4.69) is 109 Å². The summed E-state index contributed by atoms with van der Waals surface area (Å²) in [6, 6.07) is 27.7. The first-order valence-electron chi connectivity index (χ1n) is 17.4. The number of carbonyl (C=O) groups excluding carboxylic acids is 1. The van der Waals surface area contributed by atoms with Gasteiger partial charge in [0, 0.05) is 38.3 Å². The maximum atomic E-state index is 13.5. The van der Waals surface area contributed by atoms with E-state index >= 15 is 0 Å². The lowest BCUT2D eigenvalue weighted by Gasteiger charge is -2.27. The summed E-state index contributed by atoms with van der Waals surface area (Å²) in [6.07, 6.45) is 9.43. The number of unbranched alkanes of at least 4 members (excludes halogenated alkanes) is 2. The van der Waals surface area contributed by atoms with Crippen LogP contribution in [0.15, 0.2) is 89.7 Å². The molecule has 2 N–H and O–H groups in total. The standard InChI is InChI=1S/C27H36N4O.C8H10.C6H10O/c1-28-12-13-29-21-25-20-24-11-10-23(18-22-8-4-2-5-9-22)19-26(24)31(27(25)32)17-16-30-14-6-3-7-15-30;1-7-3-5-8(2)6-4-7;1-2-3-4-5-6-7/h2,4-5,8-11,19-20,28-29H,3,6-7,12-18,21H2,1H3;3-6H,1-2H3;5H,2-4H2,1H3. The highest BCUT2D eigenvalue weighted by Gasteiger charge is 2.14. The van der Waals surface area contributed by atoms with Crippen molar-refractivity contribution in [1.29, 1.82) is 0 Å². The minimum Gasteiger partial charge on any atom is -0.318 e. The molecule has 0 amide bonds. The predicted octanol–water partition coefficient (Wildman–Crippen LogP) is 7.26. The highest BCUT2D eigenvalue weighted by molar-refractivity contribution is 5.80. The lowest BCUT2D eigenvalue weighted by molar-refractivity contribution is 0.221. The molecule has 0 aliphatic carbocycles. The molecular formula is C41H56N4O2. The fourth-order valence-electron chi connectivity index (χ4n) is 5.63. The summed E-state index contributed by atoms with van der Waals surface area (Å²) in [5.74, 6) is 1.73. The van der Waals surface area contributed by atoms with Gasteiger partial charge in [-0.25, -0.2) is 4.79 Å². The molecule has 0 atom stereocenters. The Kier molecular flexibility index (Phi) is 17.5. The Labute approximate surface area is 282 Å². The zero-order valence-electron chi connectivity index (χ0n) is 29.2. The van der Waals surface area contributed by atoms with Gasteiger partial charge in [-0.05, 0) is 101 Å². The van der Waals surface area contributed by atoms with Crippen LogP contribution in [0.2, 0.25) is 0 Å². The molecule has 3 aromatic carbocycles. The van der Waals surface area contributed by atoms with E-state index in [1.54, 1.807) is 5.94 Å². The molecule has 5 rings (SSSR count). The Bertz CT molecular complexity index is 1530. The molecule has 0 spiro atoms. The van der Waals surface area contributed by atoms with Crippen LogP contribution >= 0.6 is 0 Å². The van der Waals surface area contributed by atoms with E-state index in [1.165, 1.54) is 47.6 Å². The van der Waals surface area contributed by atoms with Gasteiger partial charge in [0.1, 0.15) is 5.94 Å². The van der Waals surface area contributed by atoms with Gasteiger partial charge in [0.2, 0.25) is 0 Å². The molecule has 4 aromatic rings. The predicted molar refractivity (Wildman–Crippen MR) is 199 cm³/mol. The van der Waals surface area contributed by atoms with Crippen molar-refractivity contribution in [3.63, 3.8) is 0 Å². The number of likely N-dealkylation sites (tertiary alicyclic amines) is 1. The number of rotatable bonds is 13. The molecule has 6 heteroatoms. The Balaban J connectivity index is 0.000000329. The quantitative estimate of drug-likeness (QED) is 0.120. The molecular weight excluding hydrogens is 580 g/mol. The van der Waals surface area contributed by atoms with Crippen molar-refractivity contribution >= 4 is 16.8 Å². The van der Waals surface area contributed by atoms with Crippen molar-refractivity contribution in [2.75, 3.05) is 39.8 Å². The Morgan fingerprint density at radius 1 is 0.830 bits per heavy atom. The second kappa shape index (κ2) is 21.9. The number of benzene rings is 3. The number of hydrogen-bond donors (Lipinski definition) is 2. The molecule has 0 unspecified atom stereocenters. The first-order valence-corrected chi connectivity index (χ1v) is 17.4. The minimum absolute atomic E-state index is 0.142. The Morgan fingerprint density at radius 3 is 2.17 bits per heavy atom. The Morgan fingerprint density at radius 2 is 1.53 bits per heavy atom. The summed E-state index contributed by atoms with van der Waals surface area (Å²) in [5.41, 5.74) is 7.24. The van der Waals surface area contributed by atoms with Crippen molar-refractivity contribution < 1.29 is 4.79 Å². The van der Waals surface area contributed by atoms with Crippen LogP contribution in [0.25, 0.3) is 10.9 Å². The molecule has 0 bridgehead atoms. The van der Waals surface area contributed by atoms with Crippen molar-refractivity contribution in [1.82, 2.24) is 20.1 Å². The highest BCUT2D eigenvalue weighted by Crippen LogP contribution is 2.19. The van der Waals surface area contributed by atoms with Crippen LogP contribution in [0, 0.1) is 13.8 Å². The molecule has 0 saturated carbocycles. The smallest absolute Gasteiger partial charge is 0.255 e. The van der Waals surface area contributed by atoms with Crippen LogP contribution in [0.1, 0.15) is 73.3 Å². The fraction of sp³-hybridized carbons (Fsp3) is 0.439. The number of likely N-dealkylation sites (N-methyl/N-ethyl adjacent to an activating group) is 1. The first kappa shape index (κ1) is 37.7. The average Bonchev–Trinajstić information content (AvgIpc) is 3.10. The summed E-state index contributed by atoms with van der Waals surface area (Å²) in [5, 5.41) is 7.68. The van der Waals surface area contributed by atoms with E-state index < -0.39 is 0 Å². The van der Waals surface area contributed by atoms with Gasteiger partial charge in [-0.15, -0.1) is 0 Å². The van der Waals surface area contributed by atoms with E-state index in [0.29, 0.717) is 6.54 Å². The van der Waals surface area contributed by atoms with Crippen LogP contribution in [-0.2, 0) is 24.3 Å². The van der Waals surface area contributed by atoms with Gasteiger partial charge >= 0.3 is 0 Å². The van der Waals surface area contributed by atoms with Gasteiger partial charge in [0.05, 0.1) is 5.52 Å². The van der Waals surface area contributed by atoms with Gasteiger partial charge in [-0.3, -0.25) is 4.79 Å². The minimum atomic E-state index is 0.142. The van der Waals surface area contributed by atoms with Gasteiger partial charge < -0.3 is 20.1 Å². The number of aryl methyl sites for hydroxylation is 2. The average molecular weight is 637 g/mol. The molecule has 1 saturated heterocycles. The summed E-state index contributed by atoms with van der Waals surface area (Å²) < 4.78 is 2.02. The van der Waals surface area contributed by atoms with Crippen LogP contribution in [-0.4, -0.2) is 55.2 Å². The lowest BCUT2D eigenvalue weighted by Crippen LogP contribution is -2.36. The third-order valence-corrected chi connectivity index (χ3v) is 8.45. The molecule has 0 radical (unpaired) electrons.